The molecule has 0 unspecified atom stereocenters. The summed E-state index contributed by atoms with van der Waals surface area (Å²) in [6.07, 6.45) is 0.700. The fourth-order valence-electron chi connectivity index (χ4n) is 3.13. The predicted molar refractivity (Wildman–Crippen MR) is 99.2 cm³/mol. The Labute approximate surface area is 151 Å². The summed E-state index contributed by atoms with van der Waals surface area (Å²) >= 11 is 0. The highest BCUT2D eigenvalue weighted by Crippen LogP contribution is 2.44. The number of carbonyl (C=O) groups is 2. The van der Waals surface area contributed by atoms with Gasteiger partial charge in [-0.1, -0.05) is 36.4 Å². The molecule has 0 aliphatic heterocycles. The Morgan fingerprint density at radius 2 is 1.65 bits per heavy atom. The summed E-state index contributed by atoms with van der Waals surface area (Å²) in [5.41, 5.74) is 2.38. The van der Waals surface area contributed by atoms with E-state index in [1.165, 1.54) is 21.3 Å². The number of hydrogen-bond acceptors (Lipinski definition) is 5. The molecule has 0 fully saturated rings. The third-order valence-electron chi connectivity index (χ3n) is 4.27. The molecule has 0 aromatic heterocycles. The molecule has 3 aromatic carbocycles. The van der Waals surface area contributed by atoms with Crippen LogP contribution >= 0.6 is 0 Å². The minimum Gasteiger partial charge on any atom is -0.493 e. The maximum Gasteiger partial charge on any atom is 0.338 e. The van der Waals surface area contributed by atoms with E-state index in [4.69, 9.17) is 14.2 Å². The molecule has 0 spiro atoms. The van der Waals surface area contributed by atoms with E-state index >= 15 is 0 Å². The second-order valence-electron chi connectivity index (χ2n) is 5.59. The van der Waals surface area contributed by atoms with Gasteiger partial charge in [0, 0.05) is 16.3 Å². The van der Waals surface area contributed by atoms with E-state index in [0.29, 0.717) is 39.7 Å². The molecule has 5 heteroatoms. The van der Waals surface area contributed by atoms with Crippen LogP contribution in [0.5, 0.6) is 11.5 Å². The van der Waals surface area contributed by atoms with Crippen LogP contribution in [0.3, 0.4) is 0 Å². The summed E-state index contributed by atoms with van der Waals surface area (Å²) in [5, 5.41) is 1.11. The molecule has 0 bridgehead atoms. The number of esters is 1. The molecule has 0 N–H and O–H groups in total. The Kier molecular flexibility index (Phi) is 4.89. The van der Waals surface area contributed by atoms with Crippen molar-refractivity contribution in [3.05, 3.63) is 59.7 Å². The van der Waals surface area contributed by atoms with E-state index in [1.807, 2.05) is 36.4 Å². The van der Waals surface area contributed by atoms with Gasteiger partial charge in [0.15, 0.2) is 17.8 Å². The van der Waals surface area contributed by atoms with E-state index < -0.39 is 5.97 Å². The van der Waals surface area contributed by atoms with Gasteiger partial charge < -0.3 is 14.2 Å². The lowest BCUT2D eigenvalue weighted by molar-refractivity contribution is 0.0603. The lowest BCUT2D eigenvalue weighted by Crippen LogP contribution is -2.06. The standard InChI is InChI=1S/C21H18O5/c1-24-17-11-14(12-22)18-16(21(23)26-3)10-9-15(19(18)20(17)25-2)13-7-5-4-6-8-13/h4-12H,1-3H3. The Hall–Kier alpha value is -3.34. The minimum absolute atomic E-state index is 0.297. The Balaban J connectivity index is 2.55. The van der Waals surface area contributed by atoms with E-state index in [-0.39, 0.29) is 0 Å². The first-order chi connectivity index (χ1) is 12.7. The average molecular weight is 350 g/mol. The van der Waals surface area contributed by atoms with Crippen molar-refractivity contribution in [1.29, 1.82) is 0 Å². The van der Waals surface area contributed by atoms with Gasteiger partial charge in [0.05, 0.1) is 26.9 Å². The van der Waals surface area contributed by atoms with Crippen molar-refractivity contribution in [2.75, 3.05) is 21.3 Å². The van der Waals surface area contributed by atoms with E-state index in [9.17, 15) is 9.59 Å². The summed E-state index contributed by atoms with van der Waals surface area (Å²) in [6.45, 7) is 0. The smallest absolute Gasteiger partial charge is 0.338 e. The van der Waals surface area contributed by atoms with Crippen LogP contribution in [-0.2, 0) is 4.74 Å². The van der Waals surface area contributed by atoms with E-state index in [0.717, 1.165) is 11.1 Å². The number of hydrogen-bond donors (Lipinski definition) is 0. The van der Waals surface area contributed by atoms with Gasteiger partial charge in [0.1, 0.15) is 0 Å². The lowest BCUT2D eigenvalue weighted by atomic mass is 9.91. The third-order valence-corrected chi connectivity index (χ3v) is 4.27. The largest absolute Gasteiger partial charge is 0.493 e. The van der Waals surface area contributed by atoms with Gasteiger partial charge in [-0.15, -0.1) is 0 Å². The van der Waals surface area contributed by atoms with Crippen LogP contribution in [0.2, 0.25) is 0 Å². The Morgan fingerprint density at radius 3 is 2.23 bits per heavy atom. The molecule has 0 heterocycles. The van der Waals surface area contributed by atoms with Gasteiger partial charge in [-0.2, -0.15) is 0 Å². The molecule has 0 saturated heterocycles. The van der Waals surface area contributed by atoms with Crippen molar-refractivity contribution in [1.82, 2.24) is 0 Å². The second kappa shape index (κ2) is 7.27. The van der Waals surface area contributed by atoms with Crippen molar-refractivity contribution in [3.63, 3.8) is 0 Å². The quantitative estimate of drug-likeness (QED) is 0.512. The number of ether oxygens (including phenoxy) is 3. The first kappa shape index (κ1) is 17.5. The number of fused-ring (bicyclic) bond motifs is 1. The molecule has 0 atom stereocenters. The van der Waals surface area contributed by atoms with Crippen LogP contribution in [-0.4, -0.2) is 33.6 Å². The van der Waals surface area contributed by atoms with Crippen LogP contribution in [0, 0.1) is 0 Å². The second-order valence-corrected chi connectivity index (χ2v) is 5.59. The lowest BCUT2D eigenvalue weighted by Gasteiger charge is -2.18. The highest BCUT2D eigenvalue weighted by molar-refractivity contribution is 6.17. The predicted octanol–water partition coefficient (Wildman–Crippen LogP) is 4.12. The van der Waals surface area contributed by atoms with Crippen LogP contribution in [0.1, 0.15) is 20.7 Å². The van der Waals surface area contributed by atoms with Crippen LogP contribution in [0.4, 0.5) is 0 Å². The molecule has 0 radical (unpaired) electrons. The highest BCUT2D eigenvalue weighted by Gasteiger charge is 2.23. The Bertz CT molecular complexity index is 977. The molecule has 0 aliphatic carbocycles. The van der Waals surface area contributed by atoms with E-state index in [2.05, 4.69) is 0 Å². The van der Waals surface area contributed by atoms with Gasteiger partial charge in [0.2, 0.25) is 0 Å². The highest BCUT2D eigenvalue weighted by atomic mass is 16.5. The maximum atomic E-state index is 12.3. The number of aldehydes is 1. The molecule has 0 saturated carbocycles. The molecule has 0 aliphatic rings. The molecule has 26 heavy (non-hydrogen) atoms. The van der Waals surface area contributed by atoms with Crippen LogP contribution in [0.15, 0.2) is 48.5 Å². The van der Waals surface area contributed by atoms with Crippen LogP contribution in [0.25, 0.3) is 21.9 Å². The first-order valence-corrected chi connectivity index (χ1v) is 7.96. The van der Waals surface area contributed by atoms with E-state index in [1.54, 1.807) is 12.1 Å². The zero-order valence-electron chi connectivity index (χ0n) is 14.7. The molecular formula is C21H18O5. The number of benzene rings is 3. The molecule has 0 amide bonds. The summed E-state index contributed by atoms with van der Waals surface area (Å²) in [5.74, 6) is 0.351. The molecule has 3 rings (SSSR count). The van der Waals surface area contributed by atoms with Crippen LogP contribution < -0.4 is 9.47 Å². The van der Waals surface area contributed by atoms with Crippen molar-refractivity contribution in [2.45, 2.75) is 0 Å². The normalized spacial score (nSPS) is 10.4. The molecular weight excluding hydrogens is 332 g/mol. The van der Waals surface area contributed by atoms with Crippen molar-refractivity contribution < 1.29 is 23.8 Å². The van der Waals surface area contributed by atoms with Gasteiger partial charge in [-0.05, 0) is 23.3 Å². The molecule has 132 valence electrons. The SMILES string of the molecule is COC(=O)c1ccc(-c2ccccc2)c2c(OC)c(OC)cc(C=O)c12. The molecule has 5 nitrogen and oxygen atoms in total. The summed E-state index contributed by atoms with van der Waals surface area (Å²) < 4.78 is 15.9. The summed E-state index contributed by atoms with van der Waals surface area (Å²) in [7, 11) is 4.34. The average Bonchev–Trinajstić information content (AvgIpc) is 2.71. The van der Waals surface area contributed by atoms with Crippen molar-refractivity contribution >= 4 is 23.0 Å². The first-order valence-electron chi connectivity index (χ1n) is 7.96. The summed E-state index contributed by atoms with van der Waals surface area (Å²) in [6, 6.07) is 14.7. The van der Waals surface area contributed by atoms with Crippen molar-refractivity contribution in [3.8, 4) is 22.6 Å². The maximum absolute atomic E-state index is 12.3. The van der Waals surface area contributed by atoms with Gasteiger partial charge in [-0.3, -0.25) is 4.79 Å². The van der Waals surface area contributed by atoms with Gasteiger partial charge in [-0.25, -0.2) is 4.79 Å². The van der Waals surface area contributed by atoms with Gasteiger partial charge >= 0.3 is 5.97 Å². The number of methoxy groups -OCH3 is 3. The minimum atomic E-state index is -0.523. The third kappa shape index (κ3) is 2.77. The van der Waals surface area contributed by atoms with Gasteiger partial charge in [0.25, 0.3) is 0 Å². The Morgan fingerprint density at radius 1 is 0.923 bits per heavy atom. The molecule has 3 aromatic rings. The topological polar surface area (TPSA) is 61.8 Å². The summed E-state index contributed by atoms with van der Waals surface area (Å²) in [4.78, 5) is 24.0. The zero-order valence-corrected chi connectivity index (χ0v) is 14.7. The zero-order chi connectivity index (χ0) is 18.7. The fourth-order valence-corrected chi connectivity index (χ4v) is 3.13. The fraction of sp³-hybridized carbons (Fsp3) is 0.143. The van der Waals surface area contributed by atoms with Crippen molar-refractivity contribution in [2.24, 2.45) is 0 Å². The number of rotatable bonds is 5. The number of carbonyl (C=O) groups excluding carboxylic acids is 2. The monoisotopic (exact) mass is 350 g/mol.